The second kappa shape index (κ2) is 7.19. The summed E-state index contributed by atoms with van der Waals surface area (Å²) in [6.07, 6.45) is 4.80. The Morgan fingerprint density at radius 1 is 1.40 bits per heavy atom. The maximum absolute atomic E-state index is 12.7. The number of hydrogen-bond donors (Lipinski definition) is 1. The Balaban J connectivity index is 1.85. The highest BCUT2D eigenvalue weighted by atomic mass is 35.5. The first-order chi connectivity index (χ1) is 11.9. The minimum atomic E-state index is -1.25. The van der Waals surface area contributed by atoms with Gasteiger partial charge in [0.05, 0.1) is 11.5 Å². The smallest absolute Gasteiger partial charge is 0.229 e. The number of fused-ring (bicyclic) bond motifs is 1. The van der Waals surface area contributed by atoms with Crippen LogP contribution in [0.4, 0.5) is 5.00 Å². The number of nitrogens with zero attached hydrogens (tertiary/aromatic N) is 1. The van der Waals surface area contributed by atoms with Crippen LogP contribution in [0.15, 0.2) is 11.1 Å². The Kier molecular flexibility index (Phi) is 5.16. The summed E-state index contributed by atoms with van der Waals surface area (Å²) < 4.78 is 0. The van der Waals surface area contributed by atoms with Crippen molar-refractivity contribution in [3.05, 3.63) is 27.1 Å². The van der Waals surface area contributed by atoms with Crippen LogP contribution in [0.3, 0.4) is 0 Å². The molecule has 7 heteroatoms. The van der Waals surface area contributed by atoms with E-state index < -0.39 is 23.7 Å². The van der Waals surface area contributed by atoms with Gasteiger partial charge in [-0.1, -0.05) is 24.6 Å². The Labute approximate surface area is 155 Å². The third-order valence-electron chi connectivity index (χ3n) is 4.99. The maximum Gasteiger partial charge on any atom is 0.229 e. The Morgan fingerprint density at radius 2 is 2.16 bits per heavy atom. The highest BCUT2D eigenvalue weighted by Crippen LogP contribution is 2.40. The molecule has 0 radical (unpaired) electrons. The van der Waals surface area contributed by atoms with E-state index in [1.54, 1.807) is 6.08 Å². The number of allylic oxidation sites excluding steroid dienone is 2. The molecule has 1 N–H and O–H groups in total. The van der Waals surface area contributed by atoms with Gasteiger partial charge >= 0.3 is 0 Å². The van der Waals surface area contributed by atoms with Crippen LogP contribution in [0.25, 0.3) is 0 Å². The molecule has 1 amide bonds. The summed E-state index contributed by atoms with van der Waals surface area (Å²) in [5.74, 6) is -2.83. The van der Waals surface area contributed by atoms with Gasteiger partial charge in [0.25, 0.3) is 0 Å². The van der Waals surface area contributed by atoms with Gasteiger partial charge in [-0.15, -0.1) is 11.3 Å². The average Bonchev–Trinajstić information content (AvgIpc) is 2.90. The zero-order valence-electron chi connectivity index (χ0n) is 13.8. The predicted molar refractivity (Wildman–Crippen MR) is 94.0 cm³/mol. The molecule has 1 aromatic heterocycles. The zero-order valence-corrected chi connectivity index (χ0v) is 15.4. The number of carbonyl (C=O) groups is 2. The lowest BCUT2D eigenvalue weighted by molar-refractivity contribution is -0.313. The lowest BCUT2D eigenvalue weighted by Crippen LogP contribution is -2.42. The van der Waals surface area contributed by atoms with Crippen LogP contribution in [-0.4, -0.2) is 11.9 Å². The fourth-order valence-electron chi connectivity index (χ4n) is 3.56. The molecule has 0 unspecified atom stereocenters. The lowest BCUT2D eigenvalue weighted by atomic mass is 9.82. The summed E-state index contributed by atoms with van der Waals surface area (Å²) in [4.78, 5) is 25.2. The Bertz CT molecular complexity index is 793. The molecule has 1 heterocycles. The van der Waals surface area contributed by atoms with Gasteiger partial charge in [-0.2, -0.15) is 5.26 Å². The minimum Gasteiger partial charge on any atom is -0.550 e. The predicted octanol–water partition coefficient (Wildman–Crippen LogP) is 2.58. The van der Waals surface area contributed by atoms with Crippen LogP contribution in [0.5, 0.6) is 0 Å². The van der Waals surface area contributed by atoms with Crippen molar-refractivity contribution in [2.45, 2.75) is 39.0 Å². The van der Waals surface area contributed by atoms with Gasteiger partial charge in [0.15, 0.2) is 0 Å². The third kappa shape index (κ3) is 3.58. The number of aryl methyl sites for hydroxylation is 1. The van der Waals surface area contributed by atoms with E-state index in [9.17, 15) is 20.0 Å². The number of rotatable bonds is 3. The van der Waals surface area contributed by atoms with Crippen LogP contribution >= 0.6 is 22.9 Å². The fraction of sp³-hybridized carbons (Fsp3) is 0.500. The summed E-state index contributed by atoms with van der Waals surface area (Å²) in [6, 6.07) is 2.20. The van der Waals surface area contributed by atoms with Gasteiger partial charge in [0.1, 0.15) is 11.1 Å². The Hall–Kier alpha value is -1.84. The highest BCUT2D eigenvalue weighted by Gasteiger charge is 2.33. The van der Waals surface area contributed by atoms with Gasteiger partial charge in [-0.05, 0) is 43.6 Å². The quantitative estimate of drug-likeness (QED) is 0.876. The third-order valence-corrected chi connectivity index (χ3v) is 6.51. The van der Waals surface area contributed by atoms with Crippen LogP contribution in [0, 0.1) is 29.1 Å². The standard InChI is InChI=1S/C18H19ClN2O3S/c1-9-2-5-15-12(6-9)14(8-20)17(25-15)21-16(22)13-7-10(19)3-4-11(13)18(23)24/h3,9,11,13H,2,4-7H2,1H3,(H,21,22)(H,23,24)/p-1/t9-,11+,13+/m1/s1. The van der Waals surface area contributed by atoms with E-state index in [0.29, 0.717) is 21.5 Å². The summed E-state index contributed by atoms with van der Waals surface area (Å²) in [6.45, 7) is 2.15. The van der Waals surface area contributed by atoms with Crippen molar-refractivity contribution in [3.8, 4) is 6.07 Å². The molecule has 0 fully saturated rings. The number of halogens is 1. The number of carboxylic acids is 1. The van der Waals surface area contributed by atoms with Gasteiger partial charge in [0, 0.05) is 21.8 Å². The number of nitrogens with one attached hydrogen (secondary N) is 1. The van der Waals surface area contributed by atoms with Gasteiger partial charge in [-0.25, -0.2) is 0 Å². The molecule has 132 valence electrons. The molecule has 2 aliphatic rings. The van der Waals surface area contributed by atoms with Crippen molar-refractivity contribution in [1.82, 2.24) is 0 Å². The molecular formula is C18H18ClN2O3S-. The average molecular weight is 378 g/mol. The molecule has 25 heavy (non-hydrogen) atoms. The van der Waals surface area contributed by atoms with E-state index in [2.05, 4.69) is 18.3 Å². The monoisotopic (exact) mass is 377 g/mol. The van der Waals surface area contributed by atoms with Crippen LogP contribution in [0.2, 0.25) is 0 Å². The number of anilines is 1. The van der Waals surface area contributed by atoms with Gasteiger partial charge in [0.2, 0.25) is 5.91 Å². The number of thiophene rings is 1. The topological polar surface area (TPSA) is 93.0 Å². The summed E-state index contributed by atoms with van der Waals surface area (Å²) in [5.41, 5.74) is 1.54. The summed E-state index contributed by atoms with van der Waals surface area (Å²) >= 11 is 7.43. The molecule has 0 aliphatic heterocycles. The summed E-state index contributed by atoms with van der Waals surface area (Å²) in [5, 5.41) is 24.7. The largest absolute Gasteiger partial charge is 0.550 e. The van der Waals surface area contributed by atoms with Crippen LogP contribution in [0.1, 0.15) is 42.2 Å². The molecule has 5 nitrogen and oxygen atoms in total. The SMILES string of the molecule is C[C@@H]1CCc2sc(NC(=O)[C@H]3CC(Cl)=CC[C@@H]3C(=O)[O-])c(C#N)c2C1. The molecule has 2 aliphatic carbocycles. The highest BCUT2D eigenvalue weighted by molar-refractivity contribution is 7.16. The molecule has 0 aromatic carbocycles. The van der Waals surface area contributed by atoms with E-state index in [4.69, 9.17) is 11.6 Å². The normalized spacial score (nSPS) is 25.5. The first-order valence-electron chi connectivity index (χ1n) is 8.31. The van der Waals surface area contributed by atoms with Gasteiger partial charge < -0.3 is 15.2 Å². The fourth-order valence-corrected chi connectivity index (χ4v) is 5.01. The van der Waals surface area contributed by atoms with E-state index >= 15 is 0 Å². The van der Waals surface area contributed by atoms with Crippen molar-refractivity contribution in [3.63, 3.8) is 0 Å². The lowest BCUT2D eigenvalue weighted by Gasteiger charge is -2.29. The van der Waals surface area contributed by atoms with E-state index in [-0.39, 0.29) is 12.8 Å². The number of hydrogen-bond acceptors (Lipinski definition) is 5. The maximum atomic E-state index is 12.7. The summed E-state index contributed by atoms with van der Waals surface area (Å²) in [7, 11) is 0. The Morgan fingerprint density at radius 3 is 2.84 bits per heavy atom. The van der Waals surface area contributed by atoms with E-state index in [1.807, 2.05) is 0 Å². The van der Waals surface area contributed by atoms with Crippen molar-refractivity contribution in [2.75, 3.05) is 5.32 Å². The van der Waals surface area contributed by atoms with E-state index in [0.717, 1.165) is 29.7 Å². The van der Waals surface area contributed by atoms with Gasteiger partial charge in [-0.3, -0.25) is 4.79 Å². The molecule has 0 saturated heterocycles. The van der Waals surface area contributed by atoms with Crippen molar-refractivity contribution < 1.29 is 14.7 Å². The minimum absolute atomic E-state index is 0.177. The molecular weight excluding hydrogens is 360 g/mol. The first kappa shape index (κ1) is 18.0. The molecule has 3 rings (SSSR count). The second-order valence-corrected chi connectivity index (χ2v) is 8.37. The molecule has 0 spiro atoms. The van der Waals surface area contributed by atoms with Crippen LogP contribution in [-0.2, 0) is 22.4 Å². The first-order valence-corrected chi connectivity index (χ1v) is 9.51. The number of carbonyl (C=O) groups excluding carboxylic acids is 2. The number of carboxylic acid groups (broad SMARTS) is 1. The van der Waals surface area contributed by atoms with Crippen molar-refractivity contribution in [2.24, 2.45) is 17.8 Å². The van der Waals surface area contributed by atoms with Crippen LogP contribution < -0.4 is 10.4 Å². The number of nitriles is 1. The van der Waals surface area contributed by atoms with E-state index in [1.165, 1.54) is 11.3 Å². The van der Waals surface area contributed by atoms with Crippen molar-refractivity contribution in [1.29, 1.82) is 5.26 Å². The molecule has 0 saturated carbocycles. The second-order valence-electron chi connectivity index (χ2n) is 6.78. The molecule has 0 bridgehead atoms. The number of amides is 1. The van der Waals surface area contributed by atoms with Crippen molar-refractivity contribution >= 4 is 39.8 Å². The zero-order chi connectivity index (χ0) is 18.1. The molecule has 3 atom stereocenters. The number of aliphatic carboxylic acids is 1. The molecule has 1 aromatic rings.